The SMILES string of the molecule is CCn1c(SCC(=O)Nc2cccc(S(=O)(=O)N(C)C)c2)nc2ccccc21. The van der Waals surface area contributed by atoms with E-state index in [2.05, 4.69) is 14.9 Å². The quantitative estimate of drug-likeness (QED) is 0.596. The summed E-state index contributed by atoms with van der Waals surface area (Å²) in [5, 5.41) is 3.54. The van der Waals surface area contributed by atoms with Crippen molar-refractivity contribution in [2.75, 3.05) is 25.2 Å². The third-order valence-corrected chi connectivity index (χ3v) is 6.95. The summed E-state index contributed by atoms with van der Waals surface area (Å²) in [5.74, 6) is -0.0485. The molecule has 0 spiro atoms. The second kappa shape index (κ2) is 8.34. The lowest BCUT2D eigenvalue weighted by Gasteiger charge is -2.12. The lowest BCUT2D eigenvalue weighted by atomic mass is 10.3. The van der Waals surface area contributed by atoms with E-state index in [1.807, 2.05) is 31.2 Å². The van der Waals surface area contributed by atoms with Crippen molar-refractivity contribution in [2.24, 2.45) is 0 Å². The fourth-order valence-electron chi connectivity index (χ4n) is 2.74. The van der Waals surface area contributed by atoms with Gasteiger partial charge in [-0.25, -0.2) is 17.7 Å². The normalized spacial score (nSPS) is 11.9. The summed E-state index contributed by atoms with van der Waals surface area (Å²) < 4.78 is 27.7. The number of carbonyl (C=O) groups is 1. The molecule has 0 saturated carbocycles. The fraction of sp³-hybridized carbons (Fsp3) is 0.263. The molecule has 0 unspecified atom stereocenters. The van der Waals surface area contributed by atoms with Crippen LogP contribution in [0.3, 0.4) is 0 Å². The number of anilines is 1. The van der Waals surface area contributed by atoms with Crippen molar-refractivity contribution in [3.63, 3.8) is 0 Å². The van der Waals surface area contributed by atoms with Crippen molar-refractivity contribution >= 4 is 44.4 Å². The van der Waals surface area contributed by atoms with Gasteiger partial charge in [-0.3, -0.25) is 4.79 Å². The summed E-state index contributed by atoms with van der Waals surface area (Å²) in [6, 6.07) is 14.1. The van der Waals surface area contributed by atoms with Crippen LogP contribution >= 0.6 is 11.8 Å². The Morgan fingerprint density at radius 2 is 1.93 bits per heavy atom. The molecule has 0 aliphatic carbocycles. The number of nitrogens with zero attached hydrogens (tertiary/aromatic N) is 3. The molecule has 9 heteroatoms. The second-order valence-electron chi connectivity index (χ2n) is 6.28. The lowest BCUT2D eigenvalue weighted by molar-refractivity contribution is -0.113. The number of thioether (sulfide) groups is 1. The van der Waals surface area contributed by atoms with Crippen molar-refractivity contribution in [1.82, 2.24) is 13.9 Å². The molecule has 0 saturated heterocycles. The predicted molar refractivity (Wildman–Crippen MR) is 112 cm³/mol. The summed E-state index contributed by atoms with van der Waals surface area (Å²) in [6.07, 6.45) is 0. The number of benzene rings is 2. The van der Waals surface area contributed by atoms with E-state index < -0.39 is 10.0 Å². The Morgan fingerprint density at radius 1 is 1.18 bits per heavy atom. The number of hydrogen-bond acceptors (Lipinski definition) is 5. The standard InChI is InChI=1S/C19H22N4O3S2/c1-4-23-17-11-6-5-10-16(17)21-19(23)27-13-18(24)20-14-8-7-9-15(12-14)28(25,26)22(2)3/h5-12H,4,13H2,1-3H3,(H,20,24). The molecule has 28 heavy (non-hydrogen) atoms. The van der Waals surface area contributed by atoms with Crippen LogP contribution in [0, 0.1) is 0 Å². The molecule has 0 bridgehead atoms. The van der Waals surface area contributed by atoms with Crippen LogP contribution < -0.4 is 5.32 Å². The first-order valence-electron chi connectivity index (χ1n) is 8.73. The number of sulfonamides is 1. The van der Waals surface area contributed by atoms with Crippen molar-refractivity contribution in [1.29, 1.82) is 0 Å². The maximum absolute atomic E-state index is 12.4. The first kappa shape index (κ1) is 20.4. The molecule has 3 rings (SSSR count). The minimum absolute atomic E-state index is 0.135. The van der Waals surface area contributed by atoms with Gasteiger partial charge >= 0.3 is 0 Å². The number of nitrogens with one attached hydrogen (secondary N) is 1. The Morgan fingerprint density at radius 3 is 2.64 bits per heavy atom. The van der Waals surface area contributed by atoms with Gasteiger partial charge in [0.25, 0.3) is 0 Å². The summed E-state index contributed by atoms with van der Waals surface area (Å²) >= 11 is 1.35. The van der Waals surface area contributed by atoms with Gasteiger partial charge in [-0.15, -0.1) is 0 Å². The van der Waals surface area contributed by atoms with Crippen LogP contribution in [0.25, 0.3) is 11.0 Å². The average molecular weight is 419 g/mol. The fourth-order valence-corrected chi connectivity index (χ4v) is 4.57. The Balaban J connectivity index is 1.70. The van der Waals surface area contributed by atoms with Gasteiger partial charge in [-0.2, -0.15) is 0 Å². The van der Waals surface area contributed by atoms with Gasteiger partial charge in [0.05, 0.1) is 21.7 Å². The first-order valence-corrected chi connectivity index (χ1v) is 11.2. The van der Waals surface area contributed by atoms with Crippen molar-refractivity contribution < 1.29 is 13.2 Å². The van der Waals surface area contributed by atoms with E-state index in [4.69, 9.17) is 0 Å². The molecular formula is C19H22N4O3S2. The Bertz CT molecular complexity index is 1110. The zero-order valence-corrected chi connectivity index (χ0v) is 17.5. The van der Waals surface area contributed by atoms with E-state index in [1.165, 1.54) is 38.0 Å². The smallest absolute Gasteiger partial charge is 0.242 e. The van der Waals surface area contributed by atoms with Crippen LogP contribution in [0.15, 0.2) is 58.6 Å². The maximum atomic E-state index is 12.4. The number of imidazole rings is 1. The van der Waals surface area contributed by atoms with Crippen LogP contribution in [-0.4, -0.2) is 48.0 Å². The highest BCUT2D eigenvalue weighted by Gasteiger charge is 2.18. The van der Waals surface area contributed by atoms with E-state index in [9.17, 15) is 13.2 Å². The van der Waals surface area contributed by atoms with Crippen LogP contribution in [0.5, 0.6) is 0 Å². The Kier molecular flexibility index (Phi) is 6.07. The number of fused-ring (bicyclic) bond motifs is 1. The number of rotatable bonds is 7. The van der Waals surface area contributed by atoms with E-state index in [0.717, 1.165) is 27.0 Å². The first-order chi connectivity index (χ1) is 13.3. The van der Waals surface area contributed by atoms with Crippen molar-refractivity contribution in [2.45, 2.75) is 23.5 Å². The van der Waals surface area contributed by atoms with Crippen LogP contribution in [0.1, 0.15) is 6.92 Å². The minimum atomic E-state index is -3.55. The third kappa shape index (κ3) is 4.21. The topological polar surface area (TPSA) is 84.3 Å². The van der Waals surface area contributed by atoms with Gasteiger partial charge < -0.3 is 9.88 Å². The highest BCUT2D eigenvalue weighted by atomic mass is 32.2. The molecule has 3 aromatic rings. The van der Waals surface area contributed by atoms with Crippen molar-refractivity contribution in [3.8, 4) is 0 Å². The number of amides is 1. The molecule has 0 fully saturated rings. The molecule has 2 aromatic carbocycles. The summed E-state index contributed by atoms with van der Waals surface area (Å²) in [5.41, 5.74) is 2.38. The van der Waals surface area contributed by atoms with Gasteiger partial charge in [-0.05, 0) is 37.3 Å². The highest BCUT2D eigenvalue weighted by Crippen LogP contribution is 2.24. The maximum Gasteiger partial charge on any atom is 0.242 e. The molecule has 0 aliphatic heterocycles. The molecule has 0 radical (unpaired) electrons. The van der Waals surface area contributed by atoms with Gasteiger partial charge in [-0.1, -0.05) is 30.0 Å². The van der Waals surface area contributed by atoms with Crippen LogP contribution in [0.4, 0.5) is 5.69 Å². The summed E-state index contributed by atoms with van der Waals surface area (Å²) in [6.45, 7) is 2.80. The zero-order chi connectivity index (χ0) is 20.3. The van der Waals surface area contributed by atoms with Gasteiger partial charge in [0, 0.05) is 26.3 Å². The molecular weight excluding hydrogens is 396 g/mol. The molecule has 1 amide bonds. The monoisotopic (exact) mass is 418 g/mol. The van der Waals surface area contributed by atoms with Crippen LogP contribution in [0.2, 0.25) is 0 Å². The summed E-state index contributed by atoms with van der Waals surface area (Å²) in [7, 11) is -0.612. The number of carbonyl (C=O) groups excluding carboxylic acids is 1. The molecule has 148 valence electrons. The van der Waals surface area contributed by atoms with E-state index >= 15 is 0 Å². The minimum Gasteiger partial charge on any atom is -0.325 e. The van der Waals surface area contributed by atoms with Gasteiger partial charge in [0.1, 0.15) is 0 Å². The zero-order valence-electron chi connectivity index (χ0n) is 15.9. The molecule has 1 heterocycles. The Labute approximate surface area is 168 Å². The molecule has 0 aliphatic rings. The average Bonchev–Trinajstić information content (AvgIpc) is 3.04. The molecule has 1 aromatic heterocycles. The van der Waals surface area contributed by atoms with Gasteiger partial charge in [0.2, 0.25) is 15.9 Å². The number of aromatic nitrogens is 2. The van der Waals surface area contributed by atoms with E-state index in [-0.39, 0.29) is 16.6 Å². The Hall–Kier alpha value is -2.36. The lowest BCUT2D eigenvalue weighted by Crippen LogP contribution is -2.22. The second-order valence-corrected chi connectivity index (χ2v) is 9.37. The van der Waals surface area contributed by atoms with E-state index in [1.54, 1.807) is 12.1 Å². The molecule has 1 N–H and O–H groups in total. The largest absolute Gasteiger partial charge is 0.325 e. The number of para-hydroxylation sites is 2. The number of aryl methyl sites for hydroxylation is 1. The third-order valence-electron chi connectivity index (χ3n) is 4.16. The number of hydrogen-bond donors (Lipinski definition) is 1. The van der Waals surface area contributed by atoms with Crippen LogP contribution in [-0.2, 0) is 21.4 Å². The van der Waals surface area contributed by atoms with E-state index in [0.29, 0.717) is 5.69 Å². The van der Waals surface area contributed by atoms with Gasteiger partial charge in [0.15, 0.2) is 5.16 Å². The summed E-state index contributed by atoms with van der Waals surface area (Å²) in [4.78, 5) is 17.1. The predicted octanol–water partition coefficient (Wildman–Crippen LogP) is 3.04. The molecule has 7 nitrogen and oxygen atoms in total. The van der Waals surface area contributed by atoms with Crippen molar-refractivity contribution in [3.05, 3.63) is 48.5 Å². The molecule has 0 atom stereocenters. The highest BCUT2D eigenvalue weighted by molar-refractivity contribution is 7.99.